The van der Waals surface area contributed by atoms with Gasteiger partial charge in [0.2, 0.25) is 0 Å². The lowest BCUT2D eigenvalue weighted by Gasteiger charge is -2.39. The highest BCUT2D eigenvalue weighted by molar-refractivity contribution is 7.20. The van der Waals surface area contributed by atoms with Gasteiger partial charge in [0.05, 0.1) is 10.9 Å². The standard InChI is InChI=1S/C27H26N2OS/c1-20-12-13-24-23(18-20)19-25(31-24)27(30)29-16-14-28(15-17-29)26(21-8-4-2-5-9-21)22-10-6-3-7-11-22/h2-13,18-19,26H,14-17H2,1H3. The Hall–Kier alpha value is -2.95. The molecule has 1 aliphatic rings. The Kier molecular flexibility index (Phi) is 5.58. The zero-order valence-electron chi connectivity index (χ0n) is 17.7. The van der Waals surface area contributed by atoms with Crippen molar-refractivity contribution in [2.24, 2.45) is 0 Å². The molecule has 3 nitrogen and oxygen atoms in total. The van der Waals surface area contributed by atoms with Crippen molar-refractivity contribution in [1.82, 2.24) is 9.80 Å². The highest BCUT2D eigenvalue weighted by Gasteiger charge is 2.29. The van der Waals surface area contributed by atoms with Gasteiger partial charge in [-0.2, -0.15) is 0 Å². The Morgan fingerprint density at radius 3 is 2.03 bits per heavy atom. The molecule has 0 radical (unpaired) electrons. The quantitative estimate of drug-likeness (QED) is 0.414. The molecule has 4 heteroatoms. The summed E-state index contributed by atoms with van der Waals surface area (Å²) in [7, 11) is 0. The van der Waals surface area contributed by atoms with Crippen LogP contribution in [0, 0.1) is 6.92 Å². The van der Waals surface area contributed by atoms with Gasteiger partial charge in [-0.25, -0.2) is 0 Å². The lowest BCUT2D eigenvalue weighted by molar-refractivity contribution is 0.0602. The first-order chi connectivity index (χ1) is 15.2. The molecule has 1 aliphatic heterocycles. The van der Waals surface area contributed by atoms with Crippen LogP contribution in [0.2, 0.25) is 0 Å². The lowest BCUT2D eigenvalue weighted by atomic mass is 9.96. The first-order valence-electron chi connectivity index (χ1n) is 10.8. The summed E-state index contributed by atoms with van der Waals surface area (Å²) in [5, 5.41) is 1.17. The fourth-order valence-corrected chi connectivity index (χ4v) is 5.50. The SMILES string of the molecule is Cc1ccc2sc(C(=O)N3CCN(C(c4ccccc4)c4ccccc4)CC3)cc2c1. The number of piperazine rings is 1. The van der Waals surface area contributed by atoms with E-state index in [0.717, 1.165) is 31.1 Å². The maximum absolute atomic E-state index is 13.2. The third-order valence-corrected chi connectivity index (χ3v) is 7.18. The molecular weight excluding hydrogens is 400 g/mol. The molecule has 0 spiro atoms. The van der Waals surface area contributed by atoms with Crippen LogP contribution in [0.4, 0.5) is 0 Å². The Balaban J connectivity index is 1.34. The van der Waals surface area contributed by atoms with Gasteiger partial charge in [-0.05, 0) is 35.6 Å². The molecule has 5 rings (SSSR count). The molecular formula is C27H26N2OS. The van der Waals surface area contributed by atoms with E-state index in [1.165, 1.54) is 26.8 Å². The monoisotopic (exact) mass is 426 g/mol. The normalized spacial score (nSPS) is 15.0. The van der Waals surface area contributed by atoms with Crippen molar-refractivity contribution in [2.45, 2.75) is 13.0 Å². The first kappa shape index (κ1) is 20.0. The molecule has 0 bridgehead atoms. The topological polar surface area (TPSA) is 23.6 Å². The number of carbonyl (C=O) groups excluding carboxylic acids is 1. The summed E-state index contributed by atoms with van der Waals surface area (Å²) >= 11 is 1.60. The van der Waals surface area contributed by atoms with E-state index < -0.39 is 0 Å². The summed E-state index contributed by atoms with van der Waals surface area (Å²) in [6.45, 7) is 5.33. The number of aryl methyl sites for hydroxylation is 1. The van der Waals surface area contributed by atoms with Crippen LogP contribution in [-0.2, 0) is 0 Å². The van der Waals surface area contributed by atoms with Gasteiger partial charge in [-0.3, -0.25) is 9.69 Å². The summed E-state index contributed by atoms with van der Waals surface area (Å²) in [6.07, 6.45) is 0. The van der Waals surface area contributed by atoms with Crippen molar-refractivity contribution < 1.29 is 4.79 Å². The van der Waals surface area contributed by atoms with Crippen LogP contribution < -0.4 is 0 Å². The highest BCUT2D eigenvalue weighted by atomic mass is 32.1. The average molecular weight is 427 g/mol. The van der Waals surface area contributed by atoms with Gasteiger partial charge in [0.25, 0.3) is 5.91 Å². The largest absolute Gasteiger partial charge is 0.335 e. The number of hydrogen-bond donors (Lipinski definition) is 0. The van der Waals surface area contributed by atoms with Crippen LogP contribution in [0.3, 0.4) is 0 Å². The number of carbonyl (C=O) groups is 1. The highest BCUT2D eigenvalue weighted by Crippen LogP contribution is 2.31. The zero-order chi connectivity index (χ0) is 21.2. The molecule has 1 amide bonds. The van der Waals surface area contributed by atoms with Crippen molar-refractivity contribution in [3.05, 3.63) is 106 Å². The molecule has 4 aromatic rings. The molecule has 3 aromatic carbocycles. The number of fused-ring (bicyclic) bond motifs is 1. The molecule has 31 heavy (non-hydrogen) atoms. The van der Waals surface area contributed by atoms with Gasteiger partial charge in [0.1, 0.15) is 0 Å². The molecule has 156 valence electrons. The number of nitrogens with zero attached hydrogens (tertiary/aromatic N) is 2. The van der Waals surface area contributed by atoms with Gasteiger partial charge >= 0.3 is 0 Å². The summed E-state index contributed by atoms with van der Waals surface area (Å²) in [5.74, 6) is 0.162. The van der Waals surface area contributed by atoms with E-state index in [9.17, 15) is 4.79 Å². The second-order valence-electron chi connectivity index (χ2n) is 8.20. The van der Waals surface area contributed by atoms with Crippen molar-refractivity contribution >= 4 is 27.3 Å². The van der Waals surface area contributed by atoms with Gasteiger partial charge in [0, 0.05) is 30.9 Å². The third kappa shape index (κ3) is 4.14. The molecule has 0 unspecified atom stereocenters. The van der Waals surface area contributed by atoms with Gasteiger partial charge < -0.3 is 4.90 Å². The number of amides is 1. The molecule has 1 aromatic heterocycles. The summed E-state index contributed by atoms with van der Waals surface area (Å²) < 4.78 is 1.18. The number of thiophene rings is 1. The predicted octanol–water partition coefficient (Wildman–Crippen LogP) is 5.76. The van der Waals surface area contributed by atoms with E-state index in [1.807, 2.05) is 4.90 Å². The molecule has 1 fully saturated rings. The van der Waals surface area contributed by atoms with E-state index >= 15 is 0 Å². The fourth-order valence-electron chi connectivity index (χ4n) is 4.49. The Bertz CT molecular complexity index is 1140. The third-order valence-electron chi connectivity index (χ3n) is 6.08. The Morgan fingerprint density at radius 2 is 1.42 bits per heavy atom. The van der Waals surface area contributed by atoms with Gasteiger partial charge in [-0.1, -0.05) is 78.4 Å². The molecule has 0 saturated carbocycles. The van der Waals surface area contributed by atoms with Crippen LogP contribution >= 0.6 is 11.3 Å². The van der Waals surface area contributed by atoms with Crippen LogP contribution in [0.25, 0.3) is 10.1 Å². The van der Waals surface area contributed by atoms with Crippen molar-refractivity contribution in [3.63, 3.8) is 0 Å². The lowest BCUT2D eigenvalue weighted by Crippen LogP contribution is -2.49. The molecule has 2 heterocycles. The second kappa shape index (κ2) is 8.66. The first-order valence-corrected chi connectivity index (χ1v) is 11.6. The number of rotatable bonds is 4. The van der Waals surface area contributed by atoms with E-state index in [1.54, 1.807) is 11.3 Å². The molecule has 0 N–H and O–H groups in total. The molecule has 1 saturated heterocycles. The van der Waals surface area contributed by atoms with Crippen LogP contribution in [-0.4, -0.2) is 41.9 Å². The number of benzene rings is 3. The minimum Gasteiger partial charge on any atom is -0.335 e. The van der Waals surface area contributed by atoms with Gasteiger partial charge in [0.15, 0.2) is 0 Å². The Labute approximate surface area is 187 Å². The summed E-state index contributed by atoms with van der Waals surface area (Å²) in [4.78, 5) is 18.6. The van der Waals surface area contributed by atoms with E-state index in [-0.39, 0.29) is 11.9 Å². The maximum Gasteiger partial charge on any atom is 0.264 e. The van der Waals surface area contributed by atoms with Crippen LogP contribution in [0.5, 0.6) is 0 Å². The minimum atomic E-state index is 0.162. The minimum absolute atomic E-state index is 0.162. The van der Waals surface area contributed by atoms with E-state index in [2.05, 4.69) is 96.8 Å². The summed E-state index contributed by atoms with van der Waals surface area (Å²) in [5.41, 5.74) is 3.83. The predicted molar refractivity (Wildman–Crippen MR) is 129 cm³/mol. The second-order valence-corrected chi connectivity index (χ2v) is 9.29. The van der Waals surface area contributed by atoms with Gasteiger partial charge in [-0.15, -0.1) is 11.3 Å². The van der Waals surface area contributed by atoms with Crippen LogP contribution in [0.15, 0.2) is 84.9 Å². The summed E-state index contributed by atoms with van der Waals surface area (Å²) in [6, 6.07) is 30.0. The van der Waals surface area contributed by atoms with E-state index in [4.69, 9.17) is 0 Å². The zero-order valence-corrected chi connectivity index (χ0v) is 18.5. The van der Waals surface area contributed by atoms with Crippen LogP contribution in [0.1, 0.15) is 32.4 Å². The molecule has 0 aliphatic carbocycles. The number of hydrogen-bond acceptors (Lipinski definition) is 3. The van der Waals surface area contributed by atoms with Crippen molar-refractivity contribution in [1.29, 1.82) is 0 Å². The van der Waals surface area contributed by atoms with E-state index in [0.29, 0.717) is 0 Å². The van der Waals surface area contributed by atoms with Crippen molar-refractivity contribution in [2.75, 3.05) is 26.2 Å². The maximum atomic E-state index is 13.2. The Morgan fingerprint density at radius 1 is 0.806 bits per heavy atom. The fraction of sp³-hybridized carbons (Fsp3) is 0.222. The molecule has 0 atom stereocenters. The smallest absolute Gasteiger partial charge is 0.264 e. The van der Waals surface area contributed by atoms with Crippen molar-refractivity contribution in [3.8, 4) is 0 Å². The average Bonchev–Trinajstić information content (AvgIpc) is 3.24.